The minimum atomic E-state index is -0.192. The van der Waals surface area contributed by atoms with Gasteiger partial charge in [0.05, 0.1) is 0 Å². The zero-order valence-electron chi connectivity index (χ0n) is 8.67. The summed E-state index contributed by atoms with van der Waals surface area (Å²) >= 11 is 1.29. The lowest BCUT2D eigenvalue weighted by Crippen LogP contribution is -2.40. The molecule has 1 heterocycles. The van der Waals surface area contributed by atoms with E-state index in [0.717, 1.165) is 11.3 Å². The minimum absolute atomic E-state index is 0.183. The molecule has 4 nitrogen and oxygen atoms in total. The van der Waals surface area contributed by atoms with Gasteiger partial charge in [-0.15, -0.1) is 0 Å². The zero-order chi connectivity index (χ0) is 11.4. The molecule has 1 aliphatic rings. The average molecular weight is 236 g/mol. The summed E-state index contributed by atoms with van der Waals surface area (Å²) in [4.78, 5) is 13.5. The summed E-state index contributed by atoms with van der Waals surface area (Å²) in [5.41, 5.74) is 1.08. The molecule has 5 heteroatoms. The van der Waals surface area contributed by atoms with Gasteiger partial charge in [-0.1, -0.05) is 47.2 Å². The Morgan fingerprint density at radius 1 is 1.38 bits per heavy atom. The Bertz CT molecular complexity index is 406. The maximum absolute atomic E-state index is 11.8. The number of rotatable bonds is 2. The van der Waals surface area contributed by atoms with E-state index >= 15 is 0 Å². The van der Waals surface area contributed by atoms with Gasteiger partial charge >= 0.3 is 0 Å². The largest absolute Gasteiger partial charge is 0.410 e. The van der Waals surface area contributed by atoms with E-state index in [1.165, 1.54) is 11.8 Å². The highest BCUT2D eigenvalue weighted by Crippen LogP contribution is 2.16. The molecule has 0 saturated carbocycles. The van der Waals surface area contributed by atoms with Crippen molar-refractivity contribution in [3.8, 4) is 0 Å². The van der Waals surface area contributed by atoms with Crippen molar-refractivity contribution >= 4 is 22.7 Å². The summed E-state index contributed by atoms with van der Waals surface area (Å²) in [6, 6.07) is 9.78. The first-order valence-electron chi connectivity index (χ1n) is 4.99. The molecule has 1 aromatic rings. The second-order valence-corrected chi connectivity index (χ2v) is 4.55. The molecular weight excluding hydrogens is 224 g/mol. The molecule has 0 spiro atoms. The van der Waals surface area contributed by atoms with E-state index in [4.69, 9.17) is 5.21 Å². The number of carbonyl (C=O) groups excluding carboxylic acids is 1. The maximum atomic E-state index is 11.8. The van der Waals surface area contributed by atoms with Crippen LogP contribution in [0.25, 0.3) is 0 Å². The van der Waals surface area contributed by atoms with Crippen LogP contribution in [0.1, 0.15) is 5.56 Å². The number of carbonyl (C=O) groups is 1. The van der Waals surface area contributed by atoms with Crippen molar-refractivity contribution in [1.82, 2.24) is 4.90 Å². The Morgan fingerprint density at radius 2 is 2.12 bits per heavy atom. The number of hydrogen-bond acceptors (Lipinski definition) is 4. The predicted octanol–water partition coefficient (Wildman–Crippen LogP) is 1.55. The maximum Gasteiger partial charge on any atom is 0.282 e. The third-order valence-electron chi connectivity index (χ3n) is 2.38. The molecule has 0 aromatic heterocycles. The van der Waals surface area contributed by atoms with Crippen molar-refractivity contribution in [3.05, 3.63) is 35.9 Å². The molecule has 1 fully saturated rings. The highest BCUT2D eigenvalue weighted by Gasteiger charge is 2.25. The van der Waals surface area contributed by atoms with E-state index in [0.29, 0.717) is 13.1 Å². The molecule has 0 bridgehead atoms. The number of benzene rings is 1. The lowest BCUT2D eigenvalue weighted by molar-refractivity contribution is -0.124. The Hall–Kier alpha value is -1.49. The van der Waals surface area contributed by atoms with Crippen LogP contribution in [0.4, 0.5) is 0 Å². The smallest absolute Gasteiger partial charge is 0.282 e. The molecule has 0 atom stereocenters. The van der Waals surface area contributed by atoms with E-state index in [9.17, 15) is 4.79 Å². The number of hydrogen-bond donors (Lipinski definition) is 1. The Balaban J connectivity index is 2.08. The zero-order valence-corrected chi connectivity index (χ0v) is 9.48. The van der Waals surface area contributed by atoms with Crippen molar-refractivity contribution in [2.45, 2.75) is 6.54 Å². The Morgan fingerprint density at radius 3 is 2.81 bits per heavy atom. The first kappa shape index (κ1) is 11.0. The molecule has 1 amide bonds. The number of thioether (sulfide) groups is 1. The standard InChI is InChI=1S/C11H12N2O2S/c14-11-10(12-15)16-7-6-13(11)8-9-4-2-1-3-5-9/h1-5,15H,6-8H2/b12-10+. The average Bonchev–Trinajstić information content (AvgIpc) is 2.33. The Kier molecular flexibility index (Phi) is 3.46. The van der Waals surface area contributed by atoms with E-state index in [1.54, 1.807) is 4.90 Å². The molecular formula is C11H12N2O2S. The molecule has 0 aliphatic carbocycles. The van der Waals surface area contributed by atoms with Gasteiger partial charge in [0.25, 0.3) is 5.91 Å². The lowest BCUT2D eigenvalue weighted by atomic mass is 10.2. The summed E-state index contributed by atoms with van der Waals surface area (Å²) in [5.74, 6) is 0.584. The fraction of sp³-hybridized carbons (Fsp3) is 0.273. The van der Waals surface area contributed by atoms with Gasteiger partial charge in [0, 0.05) is 18.8 Å². The van der Waals surface area contributed by atoms with E-state index < -0.39 is 0 Å². The fourth-order valence-electron chi connectivity index (χ4n) is 1.58. The first-order chi connectivity index (χ1) is 7.81. The lowest BCUT2D eigenvalue weighted by Gasteiger charge is -2.26. The number of nitrogens with zero attached hydrogens (tertiary/aromatic N) is 2. The van der Waals surface area contributed by atoms with Crippen molar-refractivity contribution in [3.63, 3.8) is 0 Å². The monoisotopic (exact) mass is 236 g/mol. The van der Waals surface area contributed by atoms with Crippen LogP contribution in [0.3, 0.4) is 0 Å². The summed E-state index contributed by atoms with van der Waals surface area (Å²) in [7, 11) is 0. The number of oxime groups is 1. The second-order valence-electron chi connectivity index (χ2n) is 3.47. The third-order valence-corrected chi connectivity index (χ3v) is 3.29. The van der Waals surface area contributed by atoms with Crippen LogP contribution in [0, 0.1) is 0 Å². The van der Waals surface area contributed by atoms with Crippen molar-refractivity contribution in [2.75, 3.05) is 12.3 Å². The van der Waals surface area contributed by atoms with Gasteiger partial charge in [0.2, 0.25) is 5.04 Å². The molecule has 1 N–H and O–H groups in total. The van der Waals surface area contributed by atoms with Crippen LogP contribution in [-0.2, 0) is 11.3 Å². The Labute approximate surface area is 97.9 Å². The minimum Gasteiger partial charge on any atom is -0.410 e. The van der Waals surface area contributed by atoms with Gasteiger partial charge in [-0.25, -0.2) is 0 Å². The highest BCUT2D eigenvalue weighted by atomic mass is 32.2. The SMILES string of the molecule is O=C1/C(=N\O)SCCN1Cc1ccccc1. The first-order valence-corrected chi connectivity index (χ1v) is 5.98. The van der Waals surface area contributed by atoms with Crippen molar-refractivity contribution < 1.29 is 10.0 Å². The summed E-state index contributed by atoms with van der Waals surface area (Å²) in [5, 5.41) is 11.9. The third kappa shape index (κ3) is 2.36. The number of amides is 1. The van der Waals surface area contributed by atoms with Crippen LogP contribution in [-0.4, -0.2) is 33.4 Å². The van der Waals surface area contributed by atoms with Crippen molar-refractivity contribution in [2.24, 2.45) is 5.16 Å². The highest BCUT2D eigenvalue weighted by molar-refractivity contribution is 8.15. The van der Waals surface area contributed by atoms with Crippen LogP contribution in [0.5, 0.6) is 0 Å². The molecule has 1 aliphatic heterocycles. The van der Waals surface area contributed by atoms with Gasteiger partial charge in [-0.3, -0.25) is 4.79 Å². The summed E-state index contributed by atoms with van der Waals surface area (Å²) in [6.45, 7) is 1.26. The van der Waals surface area contributed by atoms with Gasteiger partial charge in [-0.05, 0) is 5.56 Å². The topological polar surface area (TPSA) is 52.9 Å². The molecule has 0 unspecified atom stereocenters. The predicted molar refractivity (Wildman–Crippen MR) is 63.5 cm³/mol. The second kappa shape index (κ2) is 5.03. The molecule has 1 aromatic carbocycles. The molecule has 16 heavy (non-hydrogen) atoms. The molecule has 2 rings (SSSR count). The van der Waals surface area contributed by atoms with Crippen LogP contribution < -0.4 is 0 Å². The normalized spacial score (nSPS) is 19.1. The summed E-state index contributed by atoms with van der Waals surface area (Å²) in [6.07, 6.45) is 0. The van der Waals surface area contributed by atoms with Gasteiger partial charge in [-0.2, -0.15) is 0 Å². The van der Waals surface area contributed by atoms with Gasteiger partial charge in [0.1, 0.15) is 0 Å². The van der Waals surface area contributed by atoms with Gasteiger partial charge in [0.15, 0.2) is 0 Å². The van der Waals surface area contributed by atoms with Crippen LogP contribution >= 0.6 is 11.8 Å². The molecule has 0 radical (unpaired) electrons. The van der Waals surface area contributed by atoms with E-state index in [1.807, 2.05) is 30.3 Å². The quantitative estimate of drug-likeness (QED) is 0.626. The van der Waals surface area contributed by atoms with Crippen LogP contribution in [0.2, 0.25) is 0 Å². The van der Waals surface area contributed by atoms with E-state index in [-0.39, 0.29) is 11.0 Å². The van der Waals surface area contributed by atoms with Gasteiger partial charge < -0.3 is 10.1 Å². The molecule has 1 saturated heterocycles. The van der Waals surface area contributed by atoms with Crippen molar-refractivity contribution in [1.29, 1.82) is 0 Å². The molecule has 84 valence electrons. The fourth-order valence-corrected chi connectivity index (χ4v) is 2.39. The summed E-state index contributed by atoms with van der Waals surface area (Å²) < 4.78 is 0. The van der Waals surface area contributed by atoms with E-state index in [2.05, 4.69) is 5.16 Å². The van der Waals surface area contributed by atoms with Crippen LogP contribution in [0.15, 0.2) is 35.5 Å².